The SMILES string of the molecule is O=C(CN1CCC(NC(=O)Nc2ccc3c(c2)OCO3)CC1)Nc1ccc2c(c1)OCCO2. The summed E-state index contributed by atoms with van der Waals surface area (Å²) in [4.78, 5) is 26.9. The third kappa shape index (κ3) is 5.23. The number of rotatable bonds is 5. The molecule has 174 valence electrons. The maximum absolute atomic E-state index is 12.5. The number of carbonyl (C=O) groups excluding carboxylic acids is 2. The maximum Gasteiger partial charge on any atom is 0.319 e. The third-order valence-electron chi connectivity index (χ3n) is 5.75. The van der Waals surface area contributed by atoms with E-state index in [1.165, 1.54) is 0 Å². The monoisotopic (exact) mass is 454 g/mol. The third-order valence-corrected chi connectivity index (χ3v) is 5.75. The number of amides is 3. The number of nitrogens with one attached hydrogen (secondary N) is 3. The van der Waals surface area contributed by atoms with Gasteiger partial charge in [0.05, 0.1) is 6.54 Å². The van der Waals surface area contributed by atoms with Gasteiger partial charge in [-0.2, -0.15) is 0 Å². The summed E-state index contributed by atoms with van der Waals surface area (Å²) in [7, 11) is 0. The van der Waals surface area contributed by atoms with Crippen molar-refractivity contribution in [1.82, 2.24) is 10.2 Å². The molecule has 3 aliphatic rings. The van der Waals surface area contributed by atoms with E-state index in [1.54, 1.807) is 36.4 Å². The fraction of sp³-hybridized carbons (Fsp3) is 0.391. The molecule has 0 unspecified atom stereocenters. The maximum atomic E-state index is 12.5. The van der Waals surface area contributed by atoms with Crippen LogP contribution in [-0.2, 0) is 4.79 Å². The molecule has 0 aliphatic carbocycles. The molecule has 0 spiro atoms. The van der Waals surface area contributed by atoms with Crippen molar-refractivity contribution in [2.24, 2.45) is 0 Å². The second-order valence-corrected chi connectivity index (χ2v) is 8.12. The van der Waals surface area contributed by atoms with Crippen LogP contribution in [-0.4, -0.2) is 62.5 Å². The van der Waals surface area contributed by atoms with Crippen LogP contribution in [0.1, 0.15) is 12.8 Å². The van der Waals surface area contributed by atoms with Crippen LogP contribution in [0.15, 0.2) is 36.4 Å². The van der Waals surface area contributed by atoms with Crippen molar-refractivity contribution >= 4 is 23.3 Å². The summed E-state index contributed by atoms with van der Waals surface area (Å²) in [6.07, 6.45) is 1.54. The fourth-order valence-corrected chi connectivity index (χ4v) is 4.09. The molecule has 10 heteroatoms. The zero-order valence-electron chi connectivity index (χ0n) is 18.1. The lowest BCUT2D eigenvalue weighted by Crippen LogP contribution is -2.47. The lowest BCUT2D eigenvalue weighted by atomic mass is 10.1. The smallest absolute Gasteiger partial charge is 0.319 e. The van der Waals surface area contributed by atoms with Crippen molar-refractivity contribution in [3.8, 4) is 23.0 Å². The summed E-state index contributed by atoms with van der Waals surface area (Å²) >= 11 is 0. The number of hydrogen-bond donors (Lipinski definition) is 3. The molecule has 10 nitrogen and oxygen atoms in total. The van der Waals surface area contributed by atoms with E-state index in [9.17, 15) is 9.59 Å². The van der Waals surface area contributed by atoms with E-state index >= 15 is 0 Å². The molecular formula is C23H26N4O6. The van der Waals surface area contributed by atoms with E-state index in [4.69, 9.17) is 18.9 Å². The number of anilines is 2. The van der Waals surface area contributed by atoms with E-state index in [2.05, 4.69) is 20.9 Å². The molecule has 1 saturated heterocycles. The number of likely N-dealkylation sites (tertiary alicyclic amines) is 1. The molecule has 5 rings (SSSR count). The minimum atomic E-state index is -0.260. The van der Waals surface area contributed by atoms with Gasteiger partial charge in [0, 0.05) is 42.6 Å². The van der Waals surface area contributed by atoms with Gasteiger partial charge in [0.15, 0.2) is 23.0 Å². The lowest BCUT2D eigenvalue weighted by molar-refractivity contribution is -0.117. The summed E-state index contributed by atoms with van der Waals surface area (Å²) in [5.74, 6) is 2.54. The van der Waals surface area contributed by atoms with Gasteiger partial charge in [-0.1, -0.05) is 0 Å². The van der Waals surface area contributed by atoms with Gasteiger partial charge < -0.3 is 34.9 Å². The summed E-state index contributed by atoms with van der Waals surface area (Å²) in [6, 6.07) is 10.5. The first-order valence-electron chi connectivity index (χ1n) is 11.0. The van der Waals surface area contributed by atoms with Gasteiger partial charge in [-0.15, -0.1) is 0 Å². The van der Waals surface area contributed by atoms with Gasteiger partial charge in [0.25, 0.3) is 0 Å². The molecule has 3 amide bonds. The lowest BCUT2D eigenvalue weighted by Gasteiger charge is -2.31. The van der Waals surface area contributed by atoms with Crippen LogP contribution in [0, 0.1) is 0 Å². The second-order valence-electron chi connectivity index (χ2n) is 8.12. The quantitative estimate of drug-likeness (QED) is 0.636. The van der Waals surface area contributed by atoms with Gasteiger partial charge in [-0.25, -0.2) is 4.79 Å². The summed E-state index contributed by atoms with van der Waals surface area (Å²) in [5.41, 5.74) is 1.32. The molecule has 0 atom stereocenters. The Balaban J connectivity index is 1.04. The van der Waals surface area contributed by atoms with Crippen LogP contribution >= 0.6 is 0 Å². The summed E-state index contributed by atoms with van der Waals surface area (Å²) in [5, 5.41) is 8.74. The van der Waals surface area contributed by atoms with Crippen LogP contribution in [0.5, 0.6) is 23.0 Å². The van der Waals surface area contributed by atoms with Crippen LogP contribution in [0.25, 0.3) is 0 Å². The predicted octanol–water partition coefficient (Wildman–Crippen LogP) is 2.41. The van der Waals surface area contributed by atoms with E-state index < -0.39 is 0 Å². The Morgan fingerprint density at radius 2 is 1.42 bits per heavy atom. The average molecular weight is 454 g/mol. The minimum absolute atomic E-state index is 0.0520. The molecule has 3 aliphatic heterocycles. The van der Waals surface area contributed by atoms with E-state index in [0.29, 0.717) is 54.1 Å². The van der Waals surface area contributed by atoms with Crippen molar-refractivity contribution < 1.29 is 28.5 Å². The van der Waals surface area contributed by atoms with Crippen LogP contribution < -0.4 is 34.9 Å². The topological polar surface area (TPSA) is 110 Å². The molecule has 0 aromatic heterocycles. The second kappa shape index (κ2) is 9.45. The Labute approximate surface area is 191 Å². The molecule has 0 radical (unpaired) electrons. The van der Waals surface area contributed by atoms with E-state index in [1.807, 2.05) is 0 Å². The van der Waals surface area contributed by atoms with Crippen molar-refractivity contribution in [2.45, 2.75) is 18.9 Å². The first-order valence-corrected chi connectivity index (χ1v) is 11.0. The Bertz CT molecular complexity index is 1040. The predicted molar refractivity (Wildman–Crippen MR) is 120 cm³/mol. The van der Waals surface area contributed by atoms with Gasteiger partial charge in [0.1, 0.15) is 13.2 Å². The highest BCUT2D eigenvalue weighted by molar-refractivity contribution is 5.92. The molecule has 3 heterocycles. The van der Waals surface area contributed by atoms with Crippen molar-refractivity contribution in [1.29, 1.82) is 0 Å². The normalized spacial score (nSPS) is 17.3. The van der Waals surface area contributed by atoms with Crippen LogP contribution in [0.2, 0.25) is 0 Å². The number of fused-ring (bicyclic) bond motifs is 2. The highest BCUT2D eigenvalue weighted by Crippen LogP contribution is 2.34. The van der Waals surface area contributed by atoms with E-state index in [-0.39, 0.29) is 24.8 Å². The van der Waals surface area contributed by atoms with Crippen LogP contribution in [0.3, 0.4) is 0 Å². The zero-order chi connectivity index (χ0) is 22.6. The number of nitrogens with zero attached hydrogens (tertiary/aromatic N) is 1. The first kappa shape index (κ1) is 21.2. The summed E-state index contributed by atoms with van der Waals surface area (Å²) < 4.78 is 21.7. The van der Waals surface area contributed by atoms with Gasteiger partial charge >= 0.3 is 6.03 Å². The minimum Gasteiger partial charge on any atom is -0.486 e. The Morgan fingerprint density at radius 1 is 0.818 bits per heavy atom. The molecule has 0 saturated carbocycles. The highest BCUT2D eigenvalue weighted by atomic mass is 16.7. The Kier molecular flexibility index (Phi) is 6.07. The zero-order valence-corrected chi connectivity index (χ0v) is 18.1. The van der Waals surface area contributed by atoms with Crippen molar-refractivity contribution in [2.75, 3.05) is 50.3 Å². The molecule has 2 aromatic carbocycles. The Morgan fingerprint density at radius 3 is 2.18 bits per heavy atom. The fourth-order valence-electron chi connectivity index (χ4n) is 4.09. The van der Waals surface area contributed by atoms with Gasteiger partial charge in [-0.05, 0) is 37.1 Å². The standard InChI is InChI=1S/C23H26N4O6/c28-22(24-16-1-3-18-20(11-16)31-10-9-30-18)13-27-7-5-15(6-8-27)25-23(29)26-17-2-4-19-21(12-17)33-14-32-19/h1-4,11-12,15H,5-10,13-14H2,(H,24,28)(H2,25,26,29). The molecule has 3 N–H and O–H groups in total. The molecular weight excluding hydrogens is 428 g/mol. The molecule has 0 bridgehead atoms. The molecule has 1 fully saturated rings. The van der Waals surface area contributed by atoms with E-state index in [0.717, 1.165) is 25.9 Å². The largest absolute Gasteiger partial charge is 0.486 e. The van der Waals surface area contributed by atoms with Crippen molar-refractivity contribution in [3.05, 3.63) is 36.4 Å². The van der Waals surface area contributed by atoms with Crippen molar-refractivity contribution in [3.63, 3.8) is 0 Å². The number of benzene rings is 2. The Hall–Kier alpha value is -3.66. The molecule has 33 heavy (non-hydrogen) atoms. The number of ether oxygens (including phenoxy) is 4. The van der Waals surface area contributed by atoms with Gasteiger partial charge in [0.2, 0.25) is 12.7 Å². The molecule has 2 aromatic rings. The average Bonchev–Trinajstić information content (AvgIpc) is 3.28. The van der Waals surface area contributed by atoms with Gasteiger partial charge in [-0.3, -0.25) is 9.69 Å². The number of carbonyl (C=O) groups is 2. The summed E-state index contributed by atoms with van der Waals surface area (Å²) in [6.45, 7) is 2.97. The first-order chi connectivity index (χ1) is 16.1. The highest BCUT2D eigenvalue weighted by Gasteiger charge is 2.23. The number of piperidine rings is 1. The van der Waals surface area contributed by atoms with Crippen LogP contribution in [0.4, 0.5) is 16.2 Å². The number of urea groups is 1. The number of hydrogen-bond acceptors (Lipinski definition) is 7.